The van der Waals surface area contributed by atoms with Crippen molar-refractivity contribution < 1.29 is 5.11 Å². The summed E-state index contributed by atoms with van der Waals surface area (Å²) in [4.78, 5) is 2.16. The zero-order valence-electron chi connectivity index (χ0n) is 10.2. The Morgan fingerprint density at radius 3 is 2.82 bits per heavy atom. The van der Waals surface area contributed by atoms with E-state index < -0.39 is 0 Å². The summed E-state index contributed by atoms with van der Waals surface area (Å²) in [6, 6.07) is 7.86. The molecule has 0 bridgehead atoms. The van der Waals surface area contributed by atoms with Crippen LogP contribution in [0.4, 0.5) is 11.4 Å². The first-order valence-corrected chi connectivity index (χ1v) is 5.84. The lowest BCUT2D eigenvalue weighted by atomic mass is 10.1. The molecule has 17 heavy (non-hydrogen) atoms. The van der Waals surface area contributed by atoms with Crippen LogP contribution in [0.5, 0.6) is 0 Å². The Balaban J connectivity index is 2.88. The van der Waals surface area contributed by atoms with Gasteiger partial charge in [-0.2, -0.15) is 5.26 Å². The van der Waals surface area contributed by atoms with Gasteiger partial charge in [0.1, 0.15) is 0 Å². The van der Waals surface area contributed by atoms with Gasteiger partial charge in [-0.3, -0.25) is 0 Å². The molecule has 0 heterocycles. The van der Waals surface area contributed by atoms with Gasteiger partial charge < -0.3 is 15.7 Å². The van der Waals surface area contributed by atoms with Crippen molar-refractivity contribution in [2.75, 3.05) is 30.3 Å². The van der Waals surface area contributed by atoms with Crippen LogP contribution in [0, 0.1) is 11.3 Å². The van der Waals surface area contributed by atoms with E-state index in [0.29, 0.717) is 12.1 Å². The SMILES string of the molecule is CCN(CCCO)c1ccc(N)c(CC#N)c1. The van der Waals surface area contributed by atoms with Crippen LogP contribution in [-0.2, 0) is 6.42 Å². The van der Waals surface area contributed by atoms with Crippen LogP contribution in [0.25, 0.3) is 0 Å². The molecule has 0 radical (unpaired) electrons. The van der Waals surface area contributed by atoms with Gasteiger partial charge in [0.05, 0.1) is 12.5 Å². The van der Waals surface area contributed by atoms with Crippen molar-refractivity contribution >= 4 is 11.4 Å². The van der Waals surface area contributed by atoms with Crippen LogP contribution in [-0.4, -0.2) is 24.8 Å². The second kappa shape index (κ2) is 6.77. The lowest BCUT2D eigenvalue weighted by molar-refractivity contribution is 0.289. The molecule has 0 amide bonds. The van der Waals surface area contributed by atoms with E-state index in [1.54, 1.807) is 0 Å². The first-order valence-electron chi connectivity index (χ1n) is 5.84. The van der Waals surface area contributed by atoms with Crippen LogP contribution in [0.3, 0.4) is 0 Å². The first kappa shape index (κ1) is 13.3. The van der Waals surface area contributed by atoms with Gasteiger partial charge in [-0.15, -0.1) is 0 Å². The second-order valence-electron chi connectivity index (χ2n) is 3.87. The topological polar surface area (TPSA) is 73.3 Å². The molecule has 1 rings (SSSR count). The van der Waals surface area contributed by atoms with Crippen LogP contribution in [0.1, 0.15) is 18.9 Å². The van der Waals surface area contributed by atoms with E-state index in [1.807, 2.05) is 18.2 Å². The van der Waals surface area contributed by atoms with Gasteiger partial charge in [0.25, 0.3) is 0 Å². The van der Waals surface area contributed by atoms with Gasteiger partial charge in [-0.25, -0.2) is 0 Å². The lowest BCUT2D eigenvalue weighted by Crippen LogP contribution is -2.24. The Morgan fingerprint density at radius 2 is 2.24 bits per heavy atom. The maximum atomic E-state index is 8.85. The molecule has 0 aliphatic carbocycles. The number of anilines is 2. The van der Waals surface area contributed by atoms with Gasteiger partial charge in [0.15, 0.2) is 0 Å². The van der Waals surface area contributed by atoms with E-state index in [0.717, 1.165) is 30.8 Å². The zero-order valence-corrected chi connectivity index (χ0v) is 10.2. The summed E-state index contributed by atoms with van der Waals surface area (Å²) in [6.45, 7) is 3.94. The third-order valence-corrected chi connectivity index (χ3v) is 2.73. The summed E-state index contributed by atoms with van der Waals surface area (Å²) in [5.74, 6) is 0. The zero-order chi connectivity index (χ0) is 12.7. The normalized spacial score (nSPS) is 9.94. The Labute approximate surface area is 102 Å². The number of aliphatic hydroxyl groups excluding tert-OH is 1. The molecule has 0 aromatic heterocycles. The van der Waals surface area contributed by atoms with E-state index in [9.17, 15) is 0 Å². The smallest absolute Gasteiger partial charge is 0.0670 e. The molecule has 1 aromatic rings. The third-order valence-electron chi connectivity index (χ3n) is 2.73. The van der Waals surface area contributed by atoms with Gasteiger partial charge in [0, 0.05) is 31.1 Å². The minimum atomic E-state index is 0.191. The second-order valence-corrected chi connectivity index (χ2v) is 3.87. The molecule has 3 N–H and O–H groups in total. The standard InChI is InChI=1S/C13H19N3O/c1-2-16(8-3-9-17)12-4-5-13(15)11(10-12)6-7-14/h4-5,10,17H,2-3,6,8-9,15H2,1H3. The molecule has 4 nitrogen and oxygen atoms in total. The van der Waals surface area contributed by atoms with Crippen molar-refractivity contribution in [2.45, 2.75) is 19.8 Å². The Hall–Kier alpha value is -1.73. The van der Waals surface area contributed by atoms with Gasteiger partial charge >= 0.3 is 0 Å². The molecule has 0 aliphatic rings. The molecule has 4 heteroatoms. The molecule has 0 fully saturated rings. The molecule has 1 aromatic carbocycles. The lowest BCUT2D eigenvalue weighted by Gasteiger charge is -2.23. The number of nitrogen functional groups attached to an aromatic ring is 1. The molecular weight excluding hydrogens is 214 g/mol. The summed E-state index contributed by atoms with van der Waals surface area (Å²) < 4.78 is 0. The largest absolute Gasteiger partial charge is 0.398 e. The fourth-order valence-electron chi connectivity index (χ4n) is 1.76. The van der Waals surface area contributed by atoms with Crippen molar-refractivity contribution in [3.63, 3.8) is 0 Å². The first-order chi connectivity index (χ1) is 8.22. The summed E-state index contributed by atoms with van der Waals surface area (Å²) in [6.07, 6.45) is 1.07. The fourth-order valence-corrected chi connectivity index (χ4v) is 1.76. The van der Waals surface area contributed by atoms with E-state index in [1.165, 1.54) is 0 Å². The van der Waals surface area contributed by atoms with Crippen molar-refractivity contribution in [2.24, 2.45) is 0 Å². The van der Waals surface area contributed by atoms with E-state index in [2.05, 4.69) is 17.9 Å². The molecule has 0 saturated carbocycles. The number of nitrogens with zero attached hydrogens (tertiary/aromatic N) is 2. The van der Waals surface area contributed by atoms with Crippen LogP contribution < -0.4 is 10.6 Å². The maximum absolute atomic E-state index is 8.85. The minimum absolute atomic E-state index is 0.191. The predicted octanol–water partition coefficient (Wildman–Crippen LogP) is 1.54. The average Bonchev–Trinajstić information content (AvgIpc) is 2.34. The van der Waals surface area contributed by atoms with Crippen LogP contribution >= 0.6 is 0 Å². The molecular formula is C13H19N3O. The average molecular weight is 233 g/mol. The van der Waals surface area contributed by atoms with E-state index >= 15 is 0 Å². The summed E-state index contributed by atoms with van der Waals surface area (Å²) in [7, 11) is 0. The van der Waals surface area contributed by atoms with Crippen LogP contribution in [0.15, 0.2) is 18.2 Å². The quantitative estimate of drug-likeness (QED) is 0.731. The summed E-state index contributed by atoms with van der Waals surface area (Å²) >= 11 is 0. The number of nitrogens with two attached hydrogens (primary N) is 1. The van der Waals surface area contributed by atoms with Gasteiger partial charge in [-0.05, 0) is 37.1 Å². The van der Waals surface area contributed by atoms with Crippen molar-refractivity contribution in [3.8, 4) is 6.07 Å². The summed E-state index contributed by atoms with van der Waals surface area (Å²) in [5.41, 5.74) is 8.39. The van der Waals surface area contributed by atoms with E-state index in [4.69, 9.17) is 16.1 Å². The number of nitriles is 1. The van der Waals surface area contributed by atoms with Crippen LogP contribution in [0.2, 0.25) is 0 Å². The number of hydrogen-bond donors (Lipinski definition) is 2. The molecule has 0 saturated heterocycles. The number of aliphatic hydroxyl groups is 1. The highest BCUT2D eigenvalue weighted by Crippen LogP contribution is 2.21. The number of hydrogen-bond acceptors (Lipinski definition) is 4. The third kappa shape index (κ3) is 3.65. The maximum Gasteiger partial charge on any atom is 0.0670 e. The highest BCUT2D eigenvalue weighted by molar-refractivity contribution is 5.59. The van der Waals surface area contributed by atoms with Gasteiger partial charge in [0.2, 0.25) is 0 Å². The Morgan fingerprint density at radius 1 is 1.47 bits per heavy atom. The number of benzene rings is 1. The van der Waals surface area contributed by atoms with Crippen molar-refractivity contribution in [1.82, 2.24) is 0 Å². The molecule has 0 aliphatic heterocycles. The molecule has 0 spiro atoms. The predicted molar refractivity (Wildman–Crippen MR) is 69.8 cm³/mol. The van der Waals surface area contributed by atoms with Crippen molar-refractivity contribution in [1.29, 1.82) is 5.26 Å². The van der Waals surface area contributed by atoms with Gasteiger partial charge in [-0.1, -0.05) is 0 Å². The minimum Gasteiger partial charge on any atom is -0.398 e. The highest BCUT2D eigenvalue weighted by Gasteiger charge is 2.06. The van der Waals surface area contributed by atoms with Crippen molar-refractivity contribution in [3.05, 3.63) is 23.8 Å². The molecule has 0 unspecified atom stereocenters. The summed E-state index contributed by atoms with van der Waals surface area (Å²) in [5, 5.41) is 17.6. The Bertz CT molecular complexity index is 398. The molecule has 0 atom stereocenters. The fraction of sp³-hybridized carbons (Fsp3) is 0.462. The molecule has 92 valence electrons. The monoisotopic (exact) mass is 233 g/mol. The highest BCUT2D eigenvalue weighted by atomic mass is 16.3. The number of rotatable bonds is 6. The van der Waals surface area contributed by atoms with E-state index in [-0.39, 0.29) is 6.61 Å². The Kier molecular flexibility index (Phi) is 5.31.